The van der Waals surface area contributed by atoms with Crippen molar-refractivity contribution in [3.05, 3.63) is 64.9 Å². The third-order valence-electron chi connectivity index (χ3n) is 6.02. The molecule has 1 aliphatic carbocycles. The minimum atomic E-state index is -1.20. The van der Waals surface area contributed by atoms with Gasteiger partial charge in [0.25, 0.3) is 0 Å². The number of carboxylic acid groups (broad SMARTS) is 1. The number of aryl methyl sites for hydroxylation is 1. The summed E-state index contributed by atoms with van der Waals surface area (Å²) in [5.41, 5.74) is 0.554. The molecule has 3 aromatic rings. The van der Waals surface area contributed by atoms with Crippen LogP contribution in [0.15, 0.2) is 36.5 Å². The highest BCUT2D eigenvalue weighted by atomic mass is 19.1. The topological polar surface area (TPSA) is 55.1 Å². The Morgan fingerprint density at radius 2 is 2.07 bits per heavy atom. The fraction of sp³-hybridized carbons (Fsp3) is 0.333. The van der Waals surface area contributed by atoms with Crippen molar-refractivity contribution < 1.29 is 18.7 Å². The maximum absolute atomic E-state index is 15.1. The van der Waals surface area contributed by atoms with E-state index in [1.165, 1.54) is 16.8 Å². The van der Waals surface area contributed by atoms with Crippen LogP contribution in [0.3, 0.4) is 0 Å². The lowest BCUT2D eigenvalue weighted by Crippen LogP contribution is -2.34. The van der Waals surface area contributed by atoms with Crippen molar-refractivity contribution in [1.82, 2.24) is 9.78 Å². The molecule has 0 radical (unpaired) electrons. The third kappa shape index (κ3) is 2.54. The van der Waals surface area contributed by atoms with Gasteiger partial charge in [0, 0.05) is 12.4 Å². The molecule has 4 rings (SSSR count). The molecule has 2 unspecified atom stereocenters. The van der Waals surface area contributed by atoms with E-state index in [1.54, 1.807) is 32.3 Å². The lowest BCUT2D eigenvalue weighted by molar-refractivity contribution is -0.143. The number of aliphatic carboxylic acids is 1. The number of fused-ring (bicyclic) bond motifs is 1. The molecule has 4 nitrogen and oxygen atoms in total. The number of hydrogen-bond acceptors (Lipinski definition) is 2. The Labute approximate surface area is 155 Å². The number of rotatable bonds is 3. The highest BCUT2D eigenvalue weighted by Crippen LogP contribution is 2.50. The minimum Gasteiger partial charge on any atom is -0.481 e. The fourth-order valence-electron chi connectivity index (χ4n) is 4.54. The zero-order chi connectivity index (χ0) is 19.3. The van der Waals surface area contributed by atoms with E-state index in [-0.39, 0.29) is 18.2 Å². The first kappa shape index (κ1) is 17.6. The summed E-state index contributed by atoms with van der Waals surface area (Å²) in [5, 5.41) is 14.8. The maximum atomic E-state index is 15.1. The molecule has 0 aliphatic heterocycles. The molecular weight excluding hydrogens is 350 g/mol. The predicted octanol–water partition coefficient (Wildman–Crippen LogP) is 4.45. The summed E-state index contributed by atoms with van der Waals surface area (Å²) in [4.78, 5) is 12.2. The second kappa shape index (κ2) is 6.15. The lowest BCUT2D eigenvalue weighted by atomic mass is 9.75. The first-order valence-electron chi connectivity index (χ1n) is 8.94. The van der Waals surface area contributed by atoms with E-state index in [2.05, 4.69) is 5.10 Å². The van der Waals surface area contributed by atoms with Crippen molar-refractivity contribution in [2.24, 2.45) is 7.05 Å². The van der Waals surface area contributed by atoms with Crippen molar-refractivity contribution >= 4 is 16.9 Å². The number of hydrogen-bond donors (Lipinski definition) is 1. The second-order valence-electron chi connectivity index (χ2n) is 7.41. The average molecular weight is 370 g/mol. The van der Waals surface area contributed by atoms with Crippen molar-refractivity contribution in [1.29, 1.82) is 0 Å². The smallest absolute Gasteiger partial charge is 0.314 e. The van der Waals surface area contributed by atoms with E-state index >= 15 is 4.39 Å². The first-order valence-corrected chi connectivity index (χ1v) is 8.94. The summed E-state index contributed by atoms with van der Waals surface area (Å²) in [6, 6.07) is 8.08. The molecule has 1 aliphatic rings. The normalized spacial score (nSPS) is 22.4. The average Bonchev–Trinajstić information content (AvgIpc) is 3.23. The van der Waals surface area contributed by atoms with Gasteiger partial charge in [-0.3, -0.25) is 9.48 Å². The first-order chi connectivity index (χ1) is 12.8. The molecule has 1 N–H and O–H groups in total. The largest absolute Gasteiger partial charge is 0.481 e. The molecule has 1 aromatic heterocycles. The van der Waals surface area contributed by atoms with Crippen LogP contribution in [0.1, 0.15) is 41.9 Å². The number of aromatic nitrogens is 2. The van der Waals surface area contributed by atoms with Gasteiger partial charge in [-0.2, -0.15) is 5.10 Å². The molecule has 1 saturated carbocycles. The molecule has 0 saturated heterocycles. The third-order valence-corrected chi connectivity index (χ3v) is 6.02. The van der Waals surface area contributed by atoms with Crippen molar-refractivity contribution in [3.63, 3.8) is 0 Å². The van der Waals surface area contributed by atoms with Crippen LogP contribution in [0.4, 0.5) is 8.78 Å². The number of carbonyl (C=O) groups is 1. The summed E-state index contributed by atoms with van der Waals surface area (Å²) in [6.45, 7) is 1.60. The SMILES string of the molecule is Cc1c(F)cccc1C1(C(=O)O)CCC(c2ccc3cnn(C)c3c2F)C1. The molecule has 2 atom stereocenters. The van der Waals surface area contributed by atoms with Crippen LogP contribution >= 0.6 is 0 Å². The van der Waals surface area contributed by atoms with E-state index < -0.39 is 17.2 Å². The fourth-order valence-corrected chi connectivity index (χ4v) is 4.54. The Morgan fingerprint density at radius 3 is 2.81 bits per heavy atom. The van der Waals surface area contributed by atoms with Crippen LogP contribution in [-0.4, -0.2) is 20.9 Å². The Bertz CT molecular complexity index is 1060. The molecule has 27 heavy (non-hydrogen) atoms. The van der Waals surface area contributed by atoms with Crippen LogP contribution in [0.5, 0.6) is 0 Å². The zero-order valence-corrected chi connectivity index (χ0v) is 15.2. The lowest BCUT2D eigenvalue weighted by Gasteiger charge is -2.27. The summed E-state index contributed by atoms with van der Waals surface area (Å²) < 4.78 is 30.7. The Balaban J connectivity index is 1.79. The van der Waals surface area contributed by atoms with Crippen LogP contribution in [0, 0.1) is 18.6 Å². The molecule has 1 heterocycles. The van der Waals surface area contributed by atoms with Crippen molar-refractivity contribution in [2.75, 3.05) is 0 Å². The highest BCUT2D eigenvalue weighted by molar-refractivity contribution is 5.83. The predicted molar refractivity (Wildman–Crippen MR) is 97.7 cm³/mol. The molecular formula is C21H20F2N2O2. The van der Waals surface area contributed by atoms with Crippen LogP contribution in [0.25, 0.3) is 10.9 Å². The van der Waals surface area contributed by atoms with Crippen molar-refractivity contribution in [3.8, 4) is 0 Å². The number of benzene rings is 2. The Hall–Kier alpha value is -2.76. The second-order valence-corrected chi connectivity index (χ2v) is 7.41. The highest BCUT2D eigenvalue weighted by Gasteiger charge is 2.48. The number of halogens is 2. The van der Waals surface area contributed by atoms with Gasteiger partial charge in [-0.25, -0.2) is 8.78 Å². The van der Waals surface area contributed by atoms with E-state index in [4.69, 9.17) is 0 Å². The van der Waals surface area contributed by atoms with Gasteiger partial charge in [0.05, 0.1) is 11.6 Å². The molecule has 0 amide bonds. The summed E-state index contributed by atoms with van der Waals surface area (Å²) >= 11 is 0. The van der Waals surface area contributed by atoms with Gasteiger partial charge in [0.2, 0.25) is 0 Å². The van der Waals surface area contributed by atoms with Crippen LogP contribution in [0.2, 0.25) is 0 Å². The standard InChI is InChI=1S/C21H20F2N2O2/c1-12-16(4-3-5-17(12)22)21(20(26)27)9-8-13(10-21)15-7-6-14-11-24-25(2)19(14)18(15)23/h3-7,11,13H,8-10H2,1-2H3,(H,26,27). The van der Waals surface area contributed by atoms with Gasteiger partial charge in [0.1, 0.15) is 11.3 Å². The Morgan fingerprint density at radius 1 is 1.30 bits per heavy atom. The molecule has 0 bridgehead atoms. The van der Waals surface area contributed by atoms with Crippen molar-refractivity contribution in [2.45, 2.75) is 37.5 Å². The Kier molecular flexibility index (Phi) is 4.02. The quantitative estimate of drug-likeness (QED) is 0.741. The summed E-state index contributed by atoms with van der Waals surface area (Å²) in [6.07, 6.45) is 2.73. The molecule has 1 fully saturated rings. The van der Waals surface area contributed by atoms with E-state index in [0.717, 1.165) is 0 Å². The monoisotopic (exact) mass is 370 g/mol. The molecule has 140 valence electrons. The summed E-state index contributed by atoms with van der Waals surface area (Å²) in [5.74, 6) is -2.00. The van der Waals surface area contributed by atoms with Gasteiger partial charge in [-0.1, -0.05) is 24.3 Å². The zero-order valence-electron chi connectivity index (χ0n) is 15.2. The summed E-state index contributed by atoms with van der Waals surface area (Å²) in [7, 11) is 1.68. The van der Waals surface area contributed by atoms with Gasteiger partial charge < -0.3 is 5.11 Å². The number of nitrogens with zero attached hydrogens (tertiary/aromatic N) is 2. The number of carboxylic acids is 1. The van der Waals surface area contributed by atoms with Gasteiger partial charge >= 0.3 is 5.97 Å². The molecule has 2 aromatic carbocycles. The minimum absolute atomic E-state index is 0.243. The van der Waals surface area contributed by atoms with Crippen LogP contribution in [-0.2, 0) is 17.3 Å². The molecule has 0 spiro atoms. The van der Waals surface area contributed by atoms with E-state index in [1.807, 2.05) is 6.07 Å². The van der Waals surface area contributed by atoms with Gasteiger partial charge in [-0.05, 0) is 54.9 Å². The van der Waals surface area contributed by atoms with E-state index in [0.29, 0.717) is 40.4 Å². The van der Waals surface area contributed by atoms with Gasteiger partial charge in [-0.15, -0.1) is 0 Å². The van der Waals surface area contributed by atoms with Gasteiger partial charge in [0.15, 0.2) is 5.82 Å². The van der Waals surface area contributed by atoms with E-state index in [9.17, 15) is 14.3 Å². The molecule has 6 heteroatoms. The van der Waals surface area contributed by atoms with Crippen LogP contribution < -0.4 is 0 Å². The maximum Gasteiger partial charge on any atom is 0.314 e.